The number of nitrogens with zero attached hydrogens (tertiary/aromatic N) is 1. The molecule has 0 aromatic heterocycles. The lowest BCUT2D eigenvalue weighted by molar-refractivity contribution is -0.129. The summed E-state index contributed by atoms with van der Waals surface area (Å²) in [5, 5.41) is 0. The quantitative estimate of drug-likeness (QED) is 0.305. The average molecular weight is 513 g/mol. The van der Waals surface area contributed by atoms with Gasteiger partial charge in [-0.3, -0.25) is 0 Å². The Kier molecular flexibility index (Phi) is 5.92. The van der Waals surface area contributed by atoms with Gasteiger partial charge in [-0.15, -0.1) is 0 Å². The summed E-state index contributed by atoms with van der Waals surface area (Å²) in [6.45, 7) is 0.452. The van der Waals surface area contributed by atoms with Crippen LogP contribution in [0.1, 0.15) is 16.7 Å². The number of ether oxygens (including phenoxy) is 2. The second-order valence-electron chi connectivity index (χ2n) is 6.33. The second-order valence-corrected chi connectivity index (χ2v) is 8.17. The first-order valence-corrected chi connectivity index (χ1v) is 10.4. The Morgan fingerprint density at radius 1 is 0.931 bits per heavy atom. The fourth-order valence-corrected chi connectivity index (χ4v) is 3.48. The summed E-state index contributed by atoms with van der Waals surface area (Å²) in [5.74, 6) is 0.544. The van der Waals surface area contributed by atoms with Crippen molar-refractivity contribution in [3.05, 3.63) is 104 Å². The molecule has 0 bridgehead atoms. The Morgan fingerprint density at radius 2 is 1.72 bits per heavy atom. The van der Waals surface area contributed by atoms with E-state index >= 15 is 0 Å². The fraction of sp³-hybridized carbons (Fsp3) is 0.0435. The maximum atomic E-state index is 12.2. The van der Waals surface area contributed by atoms with E-state index in [-0.39, 0.29) is 5.70 Å². The predicted molar refractivity (Wildman–Crippen MR) is 120 cm³/mol. The summed E-state index contributed by atoms with van der Waals surface area (Å²) in [4.78, 5) is 16.5. The molecule has 0 N–H and O–H groups in total. The summed E-state index contributed by atoms with van der Waals surface area (Å²) in [6.07, 6.45) is 1.69. The number of hydrogen-bond acceptors (Lipinski definition) is 4. The van der Waals surface area contributed by atoms with Crippen LogP contribution in [0.15, 0.2) is 92.4 Å². The van der Waals surface area contributed by atoms with E-state index < -0.39 is 5.97 Å². The lowest BCUT2D eigenvalue weighted by Crippen LogP contribution is -2.05. The number of cyclic esters (lactones) is 1. The molecule has 3 aromatic rings. The summed E-state index contributed by atoms with van der Waals surface area (Å²) in [7, 11) is 0. The van der Waals surface area contributed by atoms with Crippen molar-refractivity contribution in [1.82, 2.24) is 0 Å². The highest BCUT2D eigenvalue weighted by atomic mass is 79.9. The molecule has 0 radical (unpaired) electrons. The normalized spacial score (nSPS) is 14.6. The van der Waals surface area contributed by atoms with Gasteiger partial charge in [-0.1, -0.05) is 56.1 Å². The second kappa shape index (κ2) is 8.76. The highest BCUT2D eigenvalue weighted by molar-refractivity contribution is 9.10. The molecule has 3 aromatic carbocycles. The van der Waals surface area contributed by atoms with Crippen molar-refractivity contribution < 1.29 is 14.3 Å². The molecule has 0 unspecified atom stereocenters. The summed E-state index contributed by atoms with van der Waals surface area (Å²) in [5.41, 5.74) is 2.87. The average Bonchev–Trinajstić information content (AvgIpc) is 3.08. The zero-order valence-electron chi connectivity index (χ0n) is 15.1. The molecule has 6 heteroatoms. The molecule has 4 nitrogen and oxygen atoms in total. The van der Waals surface area contributed by atoms with Gasteiger partial charge in [0.25, 0.3) is 0 Å². The van der Waals surface area contributed by atoms with Crippen molar-refractivity contribution in [2.45, 2.75) is 6.61 Å². The van der Waals surface area contributed by atoms with E-state index in [1.807, 2.05) is 72.8 Å². The highest BCUT2D eigenvalue weighted by Crippen LogP contribution is 2.23. The molecular formula is C23H15Br2NO3. The fourth-order valence-electron chi connectivity index (χ4n) is 2.77. The maximum absolute atomic E-state index is 12.2. The first kappa shape index (κ1) is 19.6. The molecule has 0 amide bonds. The van der Waals surface area contributed by atoms with E-state index in [1.165, 1.54) is 0 Å². The van der Waals surface area contributed by atoms with Gasteiger partial charge in [-0.05, 0) is 65.7 Å². The Labute approximate surface area is 185 Å². The number of carbonyl (C=O) groups excluding carboxylic acids is 1. The molecule has 1 aliphatic heterocycles. The summed E-state index contributed by atoms with van der Waals surface area (Å²) in [6, 6.07) is 22.9. The molecule has 0 saturated carbocycles. The van der Waals surface area contributed by atoms with E-state index in [0.29, 0.717) is 18.3 Å². The molecule has 0 saturated heterocycles. The number of rotatable bonds is 5. The Balaban J connectivity index is 1.51. The number of aliphatic imine (C=N–C) groups is 1. The third kappa shape index (κ3) is 5.02. The standard InChI is InChI=1S/C23H15Br2NO3/c24-18-9-7-17(8-10-18)22-26-21(23(27)29-22)13-15-3-2-6-20(12-15)28-14-16-4-1-5-19(25)11-16/h1-13H,14H2/b21-13-. The molecular weight excluding hydrogens is 498 g/mol. The third-order valence-corrected chi connectivity index (χ3v) is 5.19. The number of esters is 1. The van der Waals surface area contributed by atoms with Crippen molar-refractivity contribution in [2.24, 2.45) is 4.99 Å². The van der Waals surface area contributed by atoms with Gasteiger partial charge in [-0.25, -0.2) is 9.79 Å². The molecule has 1 aliphatic rings. The lowest BCUT2D eigenvalue weighted by Gasteiger charge is -2.07. The van der Waals surface area contributed by atoms with Gasteiger partial charge >= 0.3 is 5.97 Å². The zero-order valence-corrected chi connectivity index (χ0v) is 18.3. The molecule has 0 atom stereocenters. The number of benzene rings is 3. The van der Waals surface area contributed by atoms with Gasteiger partial charge < -0.3 is 9.47 Å². The van der Waals surface area contributed by atoms with Crippen LogP contribution in [0.3, 0.4) is 0 Å². The van der Waals surface area contributed by atoms with Crippen LogP contribution in [-0.4, -0.2) is 11.9 Å². The van der Waals surface area contributed by atoms with Crippen LogP contribution in [0.25, 0.3) is 6.08 Å². The third-order valence-electron chi connectivity index (χ3n) is 4.17. The smallest absolute Gasteiger partial charge is 0.363 e. The monoisotopic (exact) mass is 511 g/mol. The molecule has 4 rings (SSSR count). The Hall–Kier alpha value is -2.70. The van der Waals surface area contributed by atoms with E-state index in [2.05, 4.69) is 36.9 Å². The van der Waals surface area contributed by atoms with Gasteiger partial charge in [0.05, 0.1) is 0 Å². The molecule has 0 fully saturated rings. The molecule has 144 valence electrons. The van der Waals surface area contributed by atoms with Crippen molar-refractivity contribution >= 4 is 49.8 Å². The van der Waals surface area contributed by atoms with Gasteiger partial charge in [0.1, 0.15) is 12.4 Å². The Bertz CT molecular complexity index is 1120. The number of hydrogen-bond donors (Lipinski definition) is 0. The molecule has 29 heavy (non-hydrogen) atoms. The van der Waals surface area contributed by atoms with E-state index in [4.69, 9.17) is 9.47 Å². The topological polar surface area (TPSA) is 47.9 Å². The van der Waals surface area contributed by atoms with Gasteiger partial charge in [-0.2, -0.15) is 0 Å². The lowest BCUT2D eigenvalue weighted by atomic mass is 10.2. The summed E-state index contributed by atoms with van der Waals surface area (Å²) < 4.78 is 13.1. The largest absolute Gasteiger partial charge is 0.489 e. The number of carbonyl (C=O) groups is 1. The van der Waals surface area contributed by atoms with Crippen molar-refractivity contribution in [1.29, 1.82) is 0 Å². The van der Waals surface area contributed by atoms with Crippen LogP contribution in [0.5, 0.6) is 5.75 Å². The van der Waals surface area contributed by atoms with Crippen LogP contribution in [0.4, 0.5) is 0 Å². The van der Waals surface area contributed by atoms with Crippen molar-refractivity contribution in [2.75, 3.05) is 0 Å². The maximum Gasteiger partial charge on any atom is 0.363 e. The van der Waals surface area contributed by atoms with Crippen LogP contribution in [-0.2, 0) is 16.1 Å². The minimum absolute atomic E-state index is 0.257. The zero-order chi connectivity index (χ0) is 20.2. The first-order valence-electron chi connectivity index (χ1n) is 8.83. The van der Waals surface area contributed by atoms with Gasteiger partial charge in [0.2, 0.25) is 5.90 Å². The highest BCUT2D eigenvalue weighted by Gasteiger charge is 2.24. The van der Waals surface area contributed by atoms with Crippen LogP contribution >= 0.6 is 31.9 Å². The van der Waals surface area contributed by atoms with Crippen LogP contribution < -0.4 is 4.74 Å². The predicted octanol–water partition coefficient (Wildman–Crippen LogP) is 6.14. The number of halogens is 2. The first-order chi connectivity index (χ1) is 14.1. The minimum Gasteiger partial charge on any atom is -0.489 e. The molecule has 1 heterocycles. The van der Waals surface area contributed by atoms with E-state index in [9.17, 15) is 4.79 Å². The van der Waals surface area contributed by atoms with Gasteiger partial charge in [0, 0.05) is 14.5 Å². The summed E-state index contributed by atoms with van der Waals surface area (Å²) >= 11 is 6.84. The van der Waals surface area contributed by atoms with Crippen LogP contribution in [0, 0.1) is 0 Å². The van der Waals surface area contributed by atoms with Crippen LogP contribution in [0.2, 0.25) is 0 Å². The van der Waals surface area contributed by atoms with Crippen molar-refractivity contribution in [3.63, 3.8) is 0 Å². The van der Waals surface area contributed by atoms with Gasteiger partial charge in [0.15, 0.2) is 5.70 Å². The SMILES string of the molecule is O=C1OC(c2ccc(Br)cc2)=N/C1=C\c1cccc(OCc2cccc(Br)c2)c1. The molecule has 0 spiro atoms. The Morgan fingerprint density at radius 3 is 2.52 bits per heavy atom. The van der Waals surface area contributed by atoms with E-state index in [1.54, 1.807) is 6.08 Å². The van der Waals surface area contributed by atoms with Crippen molar-refractivity contribution in [3.8, 4) is 5.75 Å². The van der Waals surface area contributed by atoms with E-state index in [0.717, 1.165) is 25.6 Å². The minimum atomic E-state index is -0.469. The molecule has 0 aliphatic carbocycles.